The van der Waals surface area contributed by atoms with Crippen LogP contribution in [0, 0.1) is 0 Å². The van der Waals surface area contributed by atoms with Gasteiger partial charge in [0.2, 0.25) is 17.7 Å². The summed E-state index contributed by atoms with van der Waals surface area (Å²) < 4.78 is 54.8. The van der Waals surface area contributed by atoms with Crippen LogP contribution in [0.3, 0.4) is 0 Å². The number of nitrogens with zero attached hydrogens (tertiary/aromatic N) is 6. The van der Waals surface area contributed by atoms with Gasteiger partial charge >= 0.3 is 0 Å². The number of imidazole rings is 1. The summed E-state index contributed by atoms with van der Waals surface area (Å²) in [5.41, 5.74) is 0.971. The molecular weight excluding hydrogens is 539 g/mol. The van der Waals surface area contributed by atoms with Crippen LogP contribution in [0.2, 0.25) is 0 Å². The van der Waals surface area contributed by atoms with Gasteiger partial charge in [0.1, 0.15) is 18.1 Å². The van der Waals surface area contributed by atoms with Crippen LogP contribution in [0.1, 0.15) is 44.4 Å². The average Bonchev–Trinajstić information content (AvgIpc) is 3.57. The van der Waals surface area contributed by atoms with Crippen LogP contribution in [0.4, 0.5) is 19.1 Å². The Morgan fingerprint density at radius 3 is 2.56 bits per heavy atom. The number of benzene rings is 1. The van der Waals surface area contributed by atoms with Gasteiger partial charge in [0.05, 0.1) is 30.8 Å². The maximum Gasteiger partial charge on any atom is 0.296 e. The Morgan fingerprint density at radius 2 is 1.83 bits per heavy atom. The van der Waals surface area contributed by atoms with Crippen LogP contribution in [0.5, 0.6) is 5.88 Å². The lowest BCUT2D eigenvalue weighted by Gasteiger charge is -2.30. The molecule has 13 heteroatoms. The number of carbonyl (C=O) groups is 1. The predicted molar refractivity (Wildman–Crippen MR) is 145 cm³/mol. The van der Waals surface area contributed by atoms with Crippen LogP contribution in [-0.2, 0) is 9.53 Å². The smallest absolute Gasteiger partial charge is 0.296 e. The first-order valence-corrected chi connectivity index (χ1v) is 14.2. The van der Waals surface area contributed by atoms with Gasteiger partial charge < -0.3 is 19.7 Å². The minimum Gasteiger partial charge on any atom is -0.474 e. The first kappa shape index (κ1) is 27.7. The summed E-state index contributed by atoms with van der Waals surface area (Å²) in [6.07, 6.45) is -0.458. The number of likely N-dealkylation sites (tertiary alicyclic amines) is 1. The van der Waals surface area contributed by atoms with Gasteiger partial charge in [0, 0.05) is 38.3 Å². The summed E-state index contributed by atoms with van der Waals surface area (Å²) in [5, 5.41) is 3.07. The van der Waals surface area contributed by atoms with Crippen LogP contribution in [-0.4, -0.2) is 94.6 Å². The molecule has 1 N–H and O–H groups in total. The van der Waals surface area contributed by atoms with Gasteiger partial charge in [-0.05, 0) is 44.2 Å². The number of carbonyl (C=O) groups excluding carboxylic acids is 1. The molecule has 1 atom stereocenters. The second kappa shape index (κ2) is 12.2. The van der Waals surface area contributed by atoms with Gasteiger partial charge in [-0.2, -0.15) is 9.97 Å². The highest BCUT2D eigenvalue weighted by atomic mass is 19.3. The van der Waals surface area contributed by atoms with Crippen LogP contribution < -0.4 is 15.0 Å². The monoisotopic (exact) mass is 573 g/mol. The van der Waals surface area contributed by atoms with Gasteiger partial charge in [-0.3, -0.25) is 14.3 Å². The molecule has 2 aliphatic heterocycles. The number of ether oxygens (including phenoxy) is 2. The van der Waals surface area contributed by atoms with Crippen molar-refractivity contribution in [2.45, 2.75) is 56.8 Å². The highest BCUT2D eigenvalue weighted by Crippen LogP contribution is 2.31. The van der Waals surface area contributed by atoms with Crippen molar-refractivity contribution in [1.82, 2.24) is 29.7 Å². The Morgan fingerprint density at radius 1 is 1.05 bits per heavy atom. The van der Waals surface area contributed by atoms with Crippen molar-refractivity contribution in [3.8, 4) is 11.7 Å². The molecular formula is C28H34F3N7O3. The molecule has 2 saturated heterocycles. The van der Waals surface area contributed by atoms with E-state index in [-0.39, 0.29) is 30.4 Å². The largest absolute Gasteiger partial charge is 0.474 e. The van der Waals surface area contributed by atoms with E-state index in [9.17, 15) is 18.0 Å². The molecule has 3 aliphatic rings. The highest BCUT2D eigenvalue weighted by Gasteiger charge is 2.28. The first-order valence-electron chi connectivity index (χ1n) is 14.2. The number of nitrogens with one attached hydrogen (secondary N) is 1. The molecule has 3 aromatic rings. The molecule has 1 aliphatic carbocycles. The number of hydrogen-bond acceptors (Lipinski definition) is 8. The topological polar surface area (TPSA) is 97.6 Å². The second-order valence-corrected chi connectivity index (χ2v) is 10.8. The zero-order chi connectivity index (χ0) is 28.3. The fourth-order valence-corrected chi connectivity index (χ4v) is 5.81. The van der Waals surface area contributed by atoms with E-state index in [0.29, 0.717) is 81.5 Å². The Kier molecular flexibility index (Phi) is 8.24. The molecule has 0 unspecified atom stereocenters. The number of alkyl halides is 3. The number of hydrogen-bond donors (Lipinski definition) is 1. The summed E-state index contributed by atoms with van der Waals surface area (Å²) in [6.45, 7) is 3.32. The van der Waals surface area contributed by atoms with E-state index in [2.05, 4.69) is 20.3 Å². The maximum atomic E-state index is 14.1. The van der Waals surface area contributed by atoms with E-state index in [0.717, 1.165) is 12.8 Å². The second-order valence-electron chi connectivity index (χ2n) is 10.8. The van der Waals surface area contributed by atoms with Gasteiger partial charge in [0.15, 0.2) is 5.82 Å². The van der Waals surface area contributed by atoms with Gasteiger partial charge in [-0.15, -0.1) is 0 Å². The van der Waals surface area contributed by atoms with Crippen molar-refractivity contribution in [2.24, 2.45) is 0 Å². The molecule has 2 aromatic heterocycles. The number of amides is 1. The van der Waals surface area contributed by atoms with E-state index in [1.807, 2.05) is 9.80 Å². The maximum absolute atomic E-state index is 14.1. The third-order valence-corrected chi connectivity index (χ3v) is 7.89. The van der Waals surface area contributed by atoms with Gasteiger partial charge in [-0.25, -0.2) is 18.2 Å². The average molecular weight is 574 g/mol. The third kappa shape index (κ3) is 6.40. The Bertz CT molecular complexity index is 1360. The Labute approximate surface area is 235 Å². The SMILES string of the molecule is O=C(CN1CC[C@@H](F)C1)NC1CCC(Oc2cc(-n3c(C(F)F)nc4ccccc43)nc(N3CCOCC3)n2)CC1. The van der Waals surface area contributed by atoms with Crippen molar-refractivity contribution >= 4 is 22.9 Å². The Hall–Kier alpha value is -3.45. The van der Waals surface area contributed by atoms with Crippen molar-refractivity contribution in [3.63, 3.8) is 0 Å². The number of morpholine rings is 1. The van der Waals surface area contributed by atoms with E-state index < -0.39 is 18.4 Å². The summed E-state index contributed by atoms with van der Waals surface area (Å²) >= 11 is 0. The zero-order valence-electron chi connectivity index (χ0n) is 22.7. The highest BCUT2D eigenvalue weighted by molar-refractivity contribution is 5.78. The molecule has 1 aromatic carbocycles. The lowest BCUT2D eigenvalue weighted by molar-refractivity contribution is -0.123. The van der Waals surface area contributed by atoms with Crippen molar-refractivity contribution in [3.05, 3.63) is 36.2 Å². The number of para-hydroxylation sites is 2. The van der Waals surface area contributed by atoms with Crippen LogP contribution in [0.15, 0.2) is 30.3 Å². The predicted octanol–water partition coefficient (Wildman–Crippen LogP) is 3.44. The summed E-state index contributed by atoms with van der Waals surface area (Å²) in [5.74, 6) is 0.477. The fourth-order valence-electron chi connectivity index (χ4n) is 5.81. The fraction of sp³-hybridized carbons (Fsp3) is 0.571. The van der Waals surface area contributed by atoms with E-state index in [1.54, 1.807) is 30.3 Å². The minimum absolute atomic E-state index is 0.0295. The van der Waals surface area contributed by atoms with Crippen molar-refractivity contribution in [1.29, 1.82) is 0 Å². The summed E-state index contributed by atoms with van der Waals surface area (Å²) in [6, 6.07) is 8.58. The molecule has 3 fully saturated rings. The van der Waals surface area contributed by atoms with Gasteiger partial charge in [0.25, 0.3) is 6.43 Å². The molecule has 0 spiro atoms. The zero-order valence-corrected chi connectivity index (χ0v) is 22.7. The van der Waals surface area contributed by atoms with Crippen molar-refractivity contribution < 1.29 is 27.4 Å². The Balaban J connectivity index is 1.18. The number of fused-ring (bicyclic) bond motifs is 1. The molecule has 1 saturated carbocycles. The van der Waals surface area contributed by atoms with E-state index >= 15 is 0 Å². The summed E-state index contributed by atoms with van der Waals surface area (Å²) in [7, 11) is 0. The molecule has 0 radical (unpaired) electrons. The lowest BCUT2D eigenvalue weighted by Crippen LogP contribution is -2.44. The van der Waals surface area contributed by atoms with Gasteiger partial charge in [-0.1, -0.05) is 12.1 Å². The number of aromatic nitrogens is 4. The number of halogens is 3. The third-order valence-electron chi connectivity index (χ3n) is 7.89. The summed E-state index contributed by atoms with van der Waals surface area (Å²) in [4.78, 5) is 29.7. The van der Waals surface area contributed by atoms with Crippen LogP contribution in [0.25, 0.3) is 16.9 Å². The molecule has 0 bridgehead atoms. The number of rotatable bonds is 8. The number of anilines is 1. The molecule has 1 amide bonds. The molecule has 10 nitrogen and oxygen atoms in total. The van der Waals surface area contributed by atoms with Crippen LogP contribution >= 0.6 is 0 Å². The molecule has 220 valence electrons. The quantitative estimate of drug-likeness (QED) is 0.438. The van der Waals surface area contributed by atoms with E-state index in [4.69, 9.17) is 9.47 Å². The standard InChI is InChI=1S/C28H34F3N7O3/c29-18-9-10-36(16-18)17-24(39)32-19-5-7-20(8-6-19)41-25-15-23(34-28(35-25)37-11-13-40-14-12-37)38-22-4-2-1-3-21(22)33-27(38)26(30)31/h1-4,15,18-20,26H,5-14,16-17H2,(H,32,39)/t18-,19?,20?/m1/s1. The normalized spacial score (nSPS) is 23.8. The molecule has 4 heterocycles. The van der Waals surface area contributed by atoms with E-state index in [1.165, 1.54) is 4.57 Å². The lowest BCUT2D eigenvalue weighted by atomic mass is 9.93. The minimum atomic E-state index is -2.80. The van der Waals surface area contributed by atoms with Crippen molar-refractivity contribution in [2.75, 3.05) is 50.8 Å². The first-order chi connectivity index (χ1) is 19.9. The molecule has 6 rings (SSSR count). The molecule has 41 heavy (non-hydrogen) atoms.